The van der Waals surface area contributed by atoms with Gasteiger partial charge in [0, 0.05) is 62.8 Å². The number of aryl methyl sites for hydroxylation is 1. The van der Waals surface area contributed by atoms with E-state index in [1.165, 1.54) is 12.1 Å². The van der Waals surface area contributed by atoms with Gasteiger partial charge in [0.2, 0.25) is 5.85 Å². The minimum absolute atomic E-state index is 0.134. The Labute approximate surface area is 305 Å². The number of fused-ring (bicyclic) bond motifs is 1. The van der Waals surface area contributed by atoms with Crippen molar-refractivity contribution in [3.63, 3.8) is 0 Å². The maximum Gasteiger partial charge on any atom is 0.308 e. The lowest BCUT2D eigenvalue weighted by Gasteiger charge is -2.52. The van der Waals surface area contributed by atoms with E-state index >= 15 is 4.39 Å². The van der Waals surface area contributed by atoms with Crippen LogP contribution in [0.3, 0.4) is 0 Å². The second-order valence-electron chi connectivity index (χ2n) is 14.5. The van der Waals surface area contributed by atoms with Crippen molar-refractivity contribution in [2.45, 2.75) is 82.7 Å². The van der Waals surface area contributed by atoms with E-state index in [2.05, 4.69) is 34.1 Å². The number of halogens is 2. The van der Waals surface area contributed by atoms with Gasteiger partial charge in [-0.25, -0.2) is 4.39 Å². The summed E-state index contributed by atoms with van der Waals surface area (Å²) in [6, 6.07) is 10.6. The van der Waals surface area contributed by atoms with Crippen molar-refractivity contribution in [2.24, 2.45) is 13.0 Å². The summed E-state index contributed by atoms with van der Waals surface area (Å²) in [4.78, 5) is 47.3. The number of aromatic nitrogens is 1. The number of carbonyl (C=O) groups is 3. The molecule has 1 N–H and O–H groups in total. The molecule has 3 aliphatic rings. The average molecular weight is 724 g/mol. The van der Waals surface area contributed by atoms with Crippen LogP contribution >= 0.6 is 11.6 Å². The van der Waals surface area contributed by atoms with Crippen LogP contribution in [0.25, 0.3) is 10.9 Å². The second kappa shape index (κ2) is 16.1. The Morgan fingerprint density at radius 1 is 0.980 bits per heavy atom. The lowest BCUT2D eigenvalue weighted by atomic mass is 9.87. The number of para-hydroxylation sites is 1. The molecule has 1 atom stereocenters. The number of ketones is 1. The summed E-state index contributed by atoms with van der Waals surface area (Å²) < 4.78 is 30.2. The molecule has 12 heteroatoms. The Morgan fingerprint density at radius 2 is 1.65 bits per heavy atom. The van der Waals surface area contributed by atoms with Crippen molar-refractivity contribution in [2.75, 3.05) is 52.2 Å². The Balaban J connectivity index is 1.26. The molecule has 3 aromatic rings. The molecule has 3 fully saturated rings. The molecule has 2 saturated heterocycles. The van der Waals surface area contributed by atoms with Crippen molar-refractivity contribution in [1.82, 2.24) is 19.3 Å². The van der Waals surface area contributed by atoms with Crippen LogP contribution in [0.4, 0.5) is 10.1 Å². The third-order valence-electron chi connectivity index (χ3n) is 11.0. The number of hydrogen-bond acceptors (Lipinski definition) is 8. The molecule has 1 unspecified atom stereocenters. The summed E-state index contributed by atoms with van der Waals surface area (Å²) >= 11 is 6.70. The summed E-state index contributed by atoms with van der Waals surface area (Å²) in [6.45, 7) is 4.87. The largest absolute Gasteiger partial charge is 0.466 e. The first-order chi connectivity index (χ1) is 24.5. The van der Waals surface area contributed by atoms with Gasteiger partial charge < -0.3 is 24.3 Å². The first kappa shape index (κ1) is 37.4. The van der Waals surface area contributed by atoms with Crippen LogP contribution < -0.4 is 5.32 Å². The highest BCUT2D eigenvalue weighted by atomic mass is 35.5. The molecule has 0 bridgehead atoms. The smallest absolute Gasteiger partial charge is 0.308 e. The zero-order valence-electron chi connectivity index (χ0n) is 30.3. The number of rotatable bonds is 12. The number of anilines is 1. The number of ether oxygens (including phenoxy) is 2. The Hall–Kier alpha value is -3.35. The van der Waals surface area contributed by atoms with Crippen molar-refractivity contribution in [1.29, 1.82) is 0 Å². The first-order valence-corrected chi connectivity index (χ1v) is 18.8. The molecule has 3 heterocycles. The van der Waals surface area contributed by atoms with Gasteiger partial charge in [0.1, 0.15) is 5.82 Å². The zero-order chi connectivity index (χ0) is 36.3. The van der Waals surface area contributed by atoms with Crippen LogP contribution in [0.15, 0.2) is 42.6 Å². The fraction of sp³-hybridized carbons (Fsp3) is 0.564. The topological polar surface area (TPSA) is 96.3 Å². The second-order valence-corrected chi connectivity index (χ2v) is 14.9. The third kappa shape index (κ3) is 7.88. The summed E-state index contributed by atoms with van der Waals surface area (Å²) in [5, 5.41) is 3.70. The van der Waals surface area contributed by atoms with Gasteiger partial charge >= 0.3 is 5.97 Å². The van der Waals surface area contributed by atoms with Crippen LogP contribution in [-0.2, 0) is 32.5 Å². The molecule has 0 spiro atoms. The number of nitrogens with one attached hydrogen (secondary N) is 1. The van der Waals surface area contributed by atoms with Gasteiger partial charge in [-0.1, -0.05) is 29.8 Å². The average Bonchev–Trinajstić information content (AvgIpc) is 3.79. The van der Waals surface area contributed by atoms with E-state index in [0.29, 0.717) is 70.1 Å². The summed E-state index contributed by atoms with van der Waals surface area (Å²) in [5.74, 6) is -2.99. The predicted molar refractivity (Wildman–Crippen MR) is 196 cm³/mol. The molecule has 0 radical (unpaired) electrons. The fourth-order valence-electron chi connectivity index (χ4n) is 8.20. The maximum absolute atomic E-state index is 16.0. The summed E-state index contributed by atoms with van der Waals surface area (Å²) in [6.07, 6.45) is 7.41. The SMILES string of the molecule is CCOC(=O)[C@H]1CC[C@H](OC(C(=O)Cc2cc(Cl)c(NC(=O)c3cn(C)c4ccccc34)cc2F)(N2CCCC2)N2CCC(N(C)C)CC2)CC1. The highest BCUT2D eigenvalue weighted by Crippen LogP contribution is 2.38. The van der Waals surface area contributed by atoms with Crippen molar-refractivity contribution >= 4 is 45.9 Å². The van der Waals surface area contributed by atoms with Crippen molar-refractivity contribution in [3.8, 4) is 0 Å². The quantitative estimate of drug-likeness (QED) is 0.219. The van der Waals surface area contributed by atoms with Gasteiger partial charge in [-0.05, 0) is 96.1 Å². The van der Waals surface area contributed by atoms with Crippen LogP contribution in [0.2, 0.25) is 5.02 Å². The van der Waals surface area contributed by atoms with Gasteiger partial charge in [-0.15, -0.1) is 0 Å². The lowest BCUT2D eigenvalue weighted by Crippen LogP contribution is -2.69. The van der Waals surface area contributed by atoms with E-state index in [1.807, 2.05) is 42.8 Å². The van der Waals surface area contributed by atoms with Gasteiger partial charge in [0.25, 0.3) is 5.91 Å². The standard InChI is InChI=1S/C39H51ClFN5O5/c1-5-50-38(49)26-12-14-29(15-13-26)51-39(45-18-8-9-19-45,46-20-16-28(17-21-46)43(2)3)36(47)23-27-22-32(40)34(24-33(27)41)42-37(48)31-25-44(4)35-11-7-6-10-30(31)35/h6-7,10-11,22,24-26,28-29H,5,8-9,12-21,23H2,1-4H3,(H,42,48)/t26-,29-,39?. The molecule has 2 aromatic carbocycles. The molecule has 1 aliphatic carbocycles. The number of piperidine rings is 1. The minimum Gasteiger partial charge on any atom is -0.466 e. The number of benzene rings is 2. The number of nitrogens with zero attached hydrogens (tertiary/aromatic N) is 4. The monoisotopic (exact) mass is 723 g/mol. The number of likely N-dealkylation sites (tertiary alicyclic amines) is 2. The van der Waals surface area contributed by atoms with E-state index in [1.54, 1.807) is 6.20 Å². The molecule has 6 rings (SSSR count). The predicted octanol–water partition coefficient (Wildman–Crippen LogP) is 6.25. The molecule has 51 heavy (non-hydrogen) atoms. The van der Waals surface area contributed by atoms with Crippen LogP contribution in [-0.4, -0.2) is 102 Å². The van der Waals surface area contributed by atoms with E-state index < -0.39 is 17.6 Å². The van der Waals surface area contributed by atoms with Gasteiger partial charge in [-0.3, -0.25) is 24.2 Å². The normalized spacial score (nSPS) is 21.9. The van der Waals surface area contributed by atoms with Crippen molar-refractivity contribution in [3.05, 3.63) is 64.6 Å². The Kier molecular flexibility index (Phi) is 11.8. The number of Topliss-reactive ketones (excluding diaryl/α,β-unsaturated/α-hetero) is 1. The van der Waals surface area contributed by atoms with Crippen LogP contribution in [0.5, 0.6) is 0 Å². The van der Waals surface area contributed by atoms with Gasteiger partial charge in [0.05, 0.1) is 34.9 Å². The Morgan fingerprint density at radius 3 is 2.31 bits per heavy atom. The number of amides is 1. The Bertz CT molecular complexity index is 1730. The molecule has 1 aromatic heterocycles. The van der Waals surface area contributed by atoms with E-state index in [9.17, 15) is 14.4 Å². The highest BCUT2D eigenvalue weighted by molar-refractivity contribution is 6.34. The molecular formula is C39H51ClFN5O5. The van der Waals surface area contributed by atoms with Crippen LogP contribution in [0, 0.1) is 11.7 Å². The minimum atomic E-state index is -1.38. The van der Waals surface area contributed by atoms with E-state index in [-0.39, 0.29) is 46.5 Å². The molecule has 276 valence electrons. The molecule has 1 amide bonds. The summed E-state index contributed by atoms with van der Waals surface area (Å²) in [5.41, 5.74) is 1.63. The highest BCUT2D eigenvalue weighted by Gasteiger charge is 2.53. The number of hydrogen-bond donors (Lipinski definition) is 1. The first-order valence-electron chi connectivity index (χ1n) is 18.4. The summed E-state index contributed by atoms with van der Waals surface area (Å²) in [7, 11) is 6.03. The molecule has 2 aliphatic heterocycles. The van der Waals surface area contributed by atoms with Crippen molar-refractivity contribution < 1.29 is 28.2 Å². The third-order valence-corrected chi connectivity index (χ3v) is 11.3. The van der Waals surface area contributed by atoms with E-state index in [4.69, 9.17) is 21.1 Å². The molecule has 10 nitrogen and oxygen atoms in total. The number of esters is 1. The van der Waals surface area contributed by atoms with Crippen LogP contribution in [0.1, 0.15) is 74.2 Å². The zero-order valence-corrected chi connectivity index (χ0v) is 31.0. The molecular weight excluding hydrogens is 673 g/mol. The number of carbonyl (C=O) groups excluding carboxylic acids is 3. The van der Waals surface area contributed by atoms with Gasteiger partial charge in [-0.2, -0.15) is 0 Å². The lowest BCUT2D eigenvalue weighted by molar-refractivity contribution is -0.260. The molecule has 1 saturated carbocycles. The van der Waals surface area contributed by atoms with Gasteiger partial charge in [0.15, 0.2) is 5.78 Å². The fourth-order valence-corrected chi connectivity index (χ4v) is 8.44. The van der Waals surface area contributed by atoms with E-state index in [0.717, 1.165) is 36.6 Å². The maximum atomic E-state index is 16.0.